The van der Waals surface area contributed by atoms with Crippen molar-refractivity contribution in [3.8, 4) is 5.75 Å². The van der Waals surface area contributed by atoms with E-state index < -0.39 is 0 Å². The van der Waals surface area contributed by atoms with Crippen LogP contribution in [0, 0.1) is 0 Å². The Balaban J connectivity index is 2.52. The number of aromatic nitrogens is 2. The molecular formula is C8H6ClN3OS2. The molecule has 0 N–H and O–H groups in total. The van der Waals surface area contributed by atoms with Gasteiger partial charge in [0.1, 0.15) is 0 Å². The first-order valence-corrected chi connectivity index (χ1v) is 6.45. The molecule has 15 heavy (non-hydrogen) atoms. The van der Waals surface area contributed by atoms with Gasteiger partial charge < -0.3 is 4.74 Å². The normalized spacial score (nSPS) is 11.7. The van der Waals surface area contributed by atoms with E-state index in [1.165, 1.54) is 20.9 Å². The van der Waals surface area contributed by atoms with Crippen LogP contribution in [0.4, 0.5) is 5.82 Å². The van der Waals surface area contributed by atoms with Crippen molar-refractivity contribution < 1.29 is 4.74 Å². The SMILES string of the molecule is COc1cccnc1N=c1ssnc1Cl. The van der Waals surface area contributed by atoms with Crippen LogP contribution in [-0.2, 0) is 0 Å². The summed E-state index contributed by atoms with van der Waals surface area (Å²) in [6, 6.07) is 3.58. The van der Waals surface area contributed by atoms with Crippen molar-refractivity contribution in [1.82, 2.24) is 9.36 Å². The van der Waals surface area contributed by atoms with Gasteiger partial charge in [-0.3, -0.25) is 0 Å². The number of pyridine rings is 1. The van der Waals surface area contributed by atoms with Crippen molar-refractivity contribution in [3.05, 3.63) is 28.2 Å². The van der Waals surface area contributed by atoms with E-state index in [0.29, 0.717) is 21.4 Å². The molecule has 0 atom stereocenters. The van der Waals surface area contributed by atoms with E-state index in [1.807, 2.05) is 0 Å². The van der Waals surface area contributed by atoms with E-state index in [1.54, 1.807) is 25.4 Å². The average Bonchev–Trinajstić information content (AvgIpc) is 2.65. The lowest BCUT2D eigenvalue weighted by Gasteiger charge is -2.00. The molecule has 0 saturated carbocycles. The largest absolute Gasteiger partial charge is 0.493 e. The number of ether oxygens (including phenoxy) is 1. The Morgan fingerprint density at radius 2 is 2.40 bits per heavy atom. The number of hydrogen-bond acceptors (Lipinski definition) is 6. The third kappa shape index (κ3) is 2.34. The molecule has 0 aliphatic rings. The summed E-state index contributed by atoms with van der Waals surface area (Å²) in [6.45, 7) is 0. The lowest BCUT2D eigenvalue weighted by molar-refractivity contribution is 0.414. The summed E-state index contributed by atoms with van der Waals surface area (Å²) in [5.74, 6) is 1.13. The highest BCUT2D eigenvalue weighted by molar-refractivity contribution is 7.66. The number of rotatable bonds is 2. The fourth-order valence-corrected chi connectivity index (χ4v) is 2.92. The zero-order valence-electron chi connectivity index (χ0n) is 7.68. The van der Waals surface area contributed by atoms with Gasteiger partial charge in [-0.15, -0.1) is 0 Å². The molecule has 2 rings (SSSR count). The Morgan fingerprint density at radius 1 is 1.53 bits per heavy atom. The summed E-state index contributed by atoms with van der Waals surface area (Å²) >= 11 is 5.83. The Morgan fingerprint density at radius 3 is 3.07 bits per heavy atom. The van der Waals surface area contributed by atoms with Crippen LogP contribution in [0.25, 0.3) is 0 Å². The van der Waals surface area contributed by atoms with Crippen LogP contribution in [-0.4, -0.2) is 16.5 Å². The summed E-state index contributed by atoms with van der Waals surface area (Å²) in [5.41, 5.74) is 0. The molecule has 0 fully saturated rings. The van der Waals surface area contributed by atoms with E-state index in [0.717, 1.165) is 0 Å². The van der Waals surface area contributed by atoms with Gasteiger partial charge in [0.05, 0.1) is 7.11 Å². The molecule has 2 aromatic rings. The van der Waals surface area contributed by atoms with Gasteiger partial charge in [-0.05, 0) is 22.5 Å². The molecule has 0 aliphatic heterocycles. The maximum Gasteiger partial charge on any atom is 0.196 e. The predicted octanol–water partition coefficient (Wildman–Crippen LogP) is 2.49. The van der Waals surface area contributed by atoms with E-state index >= 15 is 0 Å². The smallest absolute Gasteiger partial charge is 0.196 e. The quantitative estimate of drug-likeness (QED) is 0.779. The van der Waals surface area contributed by atoms with Crippen molar-refractivity contribution in [2.24, 2.45) is 4.99 Å². The molecule has 7 heteroatoms. The monoisotopic (exact) mass is 259 g/mol. The molecule has 0 aromatic carbocycles. The second-order valence-corrected chi connectivity index (χ2v) is 4.68. The van der Waals surface area contributed by atoms with Crippen LogP contribution in [0.3, 0.4) is 0 Å². The van der Waals surface area contributed by atoms with Crippen LogP contribution in [0.5, 0.6) is 5.75 Å². The Hall–Kier alpha value is -0.980. The van der Waals surface area contributed by atoms with Crippen molar-refractivity contribution in [3.63, 3.8) is 0 Å². The topological polar surface area (TPSA) is 47.4 Å². The minimum atomic E-state index is 0.401. The Bertz CT molecular complexity index is 522. The van der Waals surface area contributed by atoms with Crippen LogP contribution in [0.1, 0.15) is 0 Å². The zero-order valence-corrected chi connectivity index (χ0v) is 10.1. The summed E-state index contributed by atoms with van der Waals surface area (Å²) in [7, 11) is 4.27. The van der Waals surface area contributed by atoms with Gasteiger partial charge in [0.2, 0.25) is 0 Å². The summed E-state index contributed by atoms with van der Waals surface area (Å²) in [6.07, 6.45) is 1.65. The van der Waals surface area contributed by atoms with E-state index in [-0.39, 0.29) is 0 Å². The van der Waals surface area contributed by atoms with E-state index in [2.05, 4.69) is 14.3 Å². The van der Waals surface area contributed by atoms with Gasteiger partial charge in [-0.2, -0.15) is 4.37 Å². The fourth-order valence-electron chi connectivity index (χ4n) is 0.947. The highest BCUT2D eigenvalue weighted by atomic mass is 35.5. The first kappa shape index (κ1) is 10.5. The molecule has 0 radical (unpaired) electrons. The van der Waals surface area contributed by atoms with Gasteiger partial charge in [0, 0.05) is 16.7 Å². The zero-order chi connectivity index (χ0) is 10.7. The molecule has 0 unspecified atom stereocenters. The minimum Gasteiger partial charge on any atom is -0.493 e. The number of methoxy groups -OCH3 is 1. The lowest BCUT2D eigenvalue weighted by Crippen LogP contribution is -1.95. The van der Waals surface area contributed by atoms with E-state index in [4.69, 9.17) is 16.3 Å². The highest BCUT2D eigenvalue weighted by Crippen LogP contribution is 2.23. The van der Waals surface area contributed by atoms with Crippen LogP contribution in [0.2, 0.25) is 5.15 Å². The first-order chi connectivity index (χ1) is 7.31. The maximum absolute atomic E-state index is 5.83. The molecule has 0 amide bonds. The van der Waals surface area contributed by atoms with Crippen LogP contribution >= 0.6 is 32.5 Å². The maximum atomic E-state index is 5.83. The van der Waals surface area contributed by atoms with Gasteiger partial charge in [0.25, 0.3) is 0 Å². The number of nitrogens with zero attached hydrogens (tertiary/aromatic N) is 3. The second-order valence-electron chi connectivity index (χ2n) is 2.49. The molecule has 2 aromatic heterocycles. The summed E-state index contributed by atoms with van der Waals surface area (Å²) in [5, 5.41) is 0.401. The highest BCUT2D eigenvalue weighted by Gasteiger charge is 2.03. The van der Waals surface area contributed by atoms with Gasteiger partial charge in [0.15, 0.2) is 21.4 Å². The molecular weight excluding hydrogens is 254 g/mol. The number of halogens is 1. The summed E-state index contributed by atoms with van der Waals surface area (Å²) < 4.78 is 9.71. The third-order valence-electron chi connectivity index (χ3n) is 1.59. The Kier molecular flexibility index (Phi) is 3.30. The number of hydrogen-bond donors (Lipinski definition) is 0. The molecule has 0 saturated heterocycles. The minimum absolute atomic E-state index is 0.401. The van der Waals surface area contributed by atoms with Crippen molar-refractivity contribution in [2.75, 3.05) is 7.11 Å². The molecule has 78 valence electrons. The molecule has 4 nitrogen and oxygen atoms in total. The molecule has 0 aliphatic carbocycles. The van der Waals surface area contributed by atoms with Crippen LogP contribution in [0.15, 0.2) is 23.3 Å². The Labute approximate surface area is 98.4 Å². The van der Waals surface area contributed by atoms with E-state index in [9.17, 15) is 0 Å². The third-order valence-corrected chi connectivity index (χ3v) is 3.76. The molecule has 2 heterocycles. The van der Waals surface area contributed by atoms with Crippen molar-refractivity contribution >= 4 is 38.3 Å². The van der Waals surface area contributed by atoms with Gasteiger partial charge in [-0.25, -0.2) is 9.98 Å². The lowest BCUT2D eigenvalue weighted by atomic mass is 10.4. The van der Waals surface area contributed by atoms with Crippen molar-refractivity contribution in [1.29, 1.82) is 0 Å². The fraction of sp³-hybridized carbons (Fsp3) is 0.125. The molecule has 0 bridgehead atoms. The van der Waals surface area contributed by atoms with Crippen molar-refractivity contribution in [2.45, 2.75) is 0 Å². The predicted molar refractivity (Wildman–Crippen MR) is 61.0 cm³/mol. The van der Waals surface area contributed by atoms with Gasteiger partial charge in [-0.1, -0.05) is 11.6 Å². The summed E-state index contributed by atoms with van der Waals surface area (Å²) in [4.78, 5) is 8.37. The molecule has 0 spiro atoms. The first-order valence-electron chi connectivity index (χ1n) is 3.96. The van der Waals surface area contributed by atoms with Gasteiger partial charge >= 0.3 is 0 Å². The average molecular weight is 260 g/mol. The second kappa shape index (κ2) is 4.69. The standard InChI is InChI=1S/C8H6ClN3OS2/c1-13-5-3-2-4-10-7(5)11-8-6(9)12-15-14-8/h2-4H,1H3. The van der Waals surface area contributed by atoms with Crippen LogP contribution < -0.4 is 9.41 Å².